The lowest BCUT2D eigenvalue weighted by molar-refractivity contribution is 0.832. The molecule has 1 nitrogen and oxygen atoms in total. The average molecular weight is 228 g/mol. The number of halogens is 1. The smallest absolute Gasteiger partial charge is 0.0175 e. The number of rotatable bonds is 2. The second kappa shape index (κ2) is 4.06. The van der Waals surface area contributed by atoms with Crippen LogP contribution in [0.2, 0.25) is 0 Å². The van der Waals surface area contributed by atoms with Crippen molar-refractivity contribution in [3.63, 3.8) is 0 Å². The molecule has 1 saturated carbocycles. The van der Waals surface area contributed by atoms with Crippen molar-refractivity contribution in [1.82, 2.24) is 6.15 Å². The summed E-state index contributed by atoms with van der Waals surface area (Å²) in [6.07, 6.45) is 4.17. The SMILES string of the molecule is Brc1ccc(CC2CC2)cc1.N. The standard InChI is InChI=1S/C10H11Br.H3N/c11-10-5-3-9(4-6-10)7-8-1-2-8;/h3-6,8H,1-2,7H2;1H3. The highest BCUT2D eigenvalue weighted by atomic mass is 79.9. The maximum absolute atomic E-state index is 3.43. The summed E-state index contributed by atoms with van der Waals surface area (Å²) in [7, 11) is 0. The highest BCUT2D eigenvalue weighted by molar-refractivity contribution is 9.10. The highest BCUT2D eigenvalue weighted by Gasteiger charge is 2.20. The molecule has 0 unspecified atom stereocenters. The van der Waals surface area contributed by atoms with Gasteiger partial charge in [0, 0.05) is 4.47 Å². The predicted octanol–water partition coefficient (Wildman–Crippen LogP) is 3.56. The monoisotopic (exact) mass is 227 g/mol. The Balaban J connectivity index is 0.000000720. The fourth-order valence-electron chi connectivity index (χ4n) is 1.28. The van der Waals surface area contributed by atoms with Crippen LogP contribution in [0.3, 0.4) is 0 Å². The summed E-state index contributed by atoms with van der Waals surface area (Å²) in [5, 5.41) is 0. The van der Waals surface area contributed by atoms with Crippen LogP contribution in [0.25, 0.3) is 0 Å². The van der Waals surface area contributed by atoms with Crippen molar-refractivity contribution < 1.29 is 0 Å². The molecule has 2 rings (SSSR count). The van der Waals surface area contributed by atoms with Crippen molar-refractivity contribution in [3.05, 3.63) is 34.3 Å². The van der Waals surface area contributed by atoms with Crippen molar-refractivity contribution in [2.24, 2.45) is 5.92 Å². The van der Waals surface area contributed by atoms with E-state index in [0.29, 0.717) is 0 Å². The first-order valence-corrected chi connectivity index (χ1v) is 4.88. The minimum absolute atomic E-state index is 0. The maximum Gasteiger partial charge on any atom is 0.0175 e. The molecule has 66 valence electrons. The Kier molecular flexibility index (Phi) is 3.29. The van der Waals surface area contributed by atoms with Crippen LogP contribution in [0.1, 0.15) is 18.4 Å². The molecule has 0 aromatic heterocycles. The summed E-state index contributed by atoms with van der Waals surface area (Å²) >= 11 is 3.43. The molecule has 1 aromatic carbocycles. The second-order valence-electron chi connectivity index (χ2n) is 3.27. The average Bonchev–Trinajstić information content (AvgIpc) is 2.78. The van der Waals surface area contributed by atoms with E-state index in [1.807, 2.05) is 0 Å². The highest BCUT2D eigenvalue weighted by Crippen LogP contribution is 2.32. The van der Waals surface area contributed by atoms with E-state index in [1.54, 1.807) is 0 Å². The molecule has 0 heterocycles. The van der Waals surface area contributed by atoms with Crippen LogP contribution < -0.4 is 6.15 Å². The quantitative estimate of drug-likeness (QED) is 0.825. The van der Waals surface area contributed by atoms with E-state index in [0.717, 1.165) is 5.92 Å². The third kappa shape index (κ3) is 2.61. The summed E-state index contributed by atoms with van der Waals surface area (Å²) in [6, 6.07) is 8.67. The van der Waals surface area contributed by atoms with Gasteiger partial charge in [0.25, 0.3) is 0 Å². The van der Waals surface area contributed by atoms with Gasteiger partial charge in [0.15, 0.2) is 0 Å². The zero-order valence-electron chi connectivity index (χ0n) is 7.09. The summed E-state index contributed by atoms with van der Waals surface area (Å²) in [6.45, 7) is 0. The van der Waals surface area contributed by atoms with Crippen LogP contribution in [-0.2, 0) is 6.42 Å². The minimum Gasteiger partial charge on any atom is -0.344 e. The van der Waals surface area contributed by atoms with E-state index in [-0.39, 0.29) is 6.15 Å². The van der Waals surface area contributed by atoms with Gasteiger partial charge in [0.2, 0.25) is 0 Å². The molecule has 0 saturated heterocycles. The first-order chi connectivity index (χ1) is 5.34. The van der Waals surface area contributed by atoms with Gasteiger partial charge in [-0.15, -0.1) is 0 Å². The Labute approximate surface area is 81.9 Å². The third-order valence-electron chi connectivity index (χ3n) is 2.13. The molecule has 1 aliphatic rings. The van der Waals surface area contributed by atoms with E-state index >= 15 is 0 Å². The van der Waals surface area contributed by atoms with Gasteiger partial charge in [-0.05, 0) is 42.9 Å². The molecular formula is C10H14BrN. The first kappa shape index (κ1) is 9.75. The molecule has 0 bridgehead atoms. The van der Waals surface area contributed by atoms with Crippen LogP contribution in [-0.4, -0.2) is 0 Å². The zero-order valence-corrected chi connectivity index (χ0v) is 8.68. The number of hydrogen-bond donors (Lipinski definition) is 1. The van der Waals surface area contributed by atoms with Gasteiger partial charge in [-0.2, -0.15) is 0 Å². The van der Waals surface area contributed by atoms with Crippen LogP contribution in [0.4, 0.5) is 0 Å². The lowest BCUT2D eigenvalue weighted by Crippen LogP contribution is -1.84. The van der Waals surface area contributed by atoms with Crippen LogP contribution >= 0.6 is 15.9 Å². The normalized spacial score (nSPS) is 15.4. The van der Waals surface area contributed by atoms with Crippen molar-refractivity contribution in [2.45, 2.75) is 19.3 Å². The lowest BCUT2D eigenvalue weighted by atomic mass is 10.1. The molecule has 3 N–H and O–H groups in total. The minimum atomic E-state index is 0. The Morgan fingerprint density at radius 3 is 2.25 bits per heavy atom. The largest absolute Gasteiger partial charge is 0.344 e. The Hall–Kier alpha value is -0.340. The van der Waals surface area contributed by atoms with Gasteiger partial charge >= 0.3 is 0 Å². The number of benzene rings is 1. The second-order valence-corrected chi connectivity index (χ2v) is 4.19. The van der Waals surface area contributed by atoms with Crippen molar-refractivity contribution in [1.29, 1.82) is 0 Å². The van der Waals surface area contributed by atoms with Crippen LogP contribution in [0.5, 0.6) is 0 Å². The van der Waals surface area contributed by atoms with Crippen molar-refractivity contribution >= 4 is 15.9 Å². The topological polar surface area (TPSA) is 35.0 Å². The summed E-state index contributed by atoms with van der Waals surface area (Å²) < 4.78 is 1.18. The summed E-state index contributed by atoms with van der Waals surface area (Å²) in [5.74, 6) is 0.996. The predicted molar refractivity (Wildman–Crippen MR) is 55.6 cm³/mol. The zero-order chi connectivity index (χ0) is 7.68. The molecule has 1 fully saturated rings. The molecule has 0 atom stereocenters. The fraction of sp³-hybridized carbons (Fsp3) is 0.400. The third-order valence-corrected chi connectivity index (χ3v) is 2.66. The maximum atomic E-state index is 3.43. The summed E-state index contributed by atoms with van der Waals surface area (Å²) in [4.78, 5) is 0. The molecule has 1 aliphatic carbocycles. The van der Waals surface area contributed by atoms with Crippen molar-refractivity contribution in [2.75, 3.05) is 0 Å². The van der Waals surface area contributed by atoms with Gasteiger partial charge in [0.05, 0.1) is 0 Å². The van der Waals surface area contributed by atoms with Gasteiger partial charge in [-0.3, -0.25) is 0 Å². The molecule has 0 aliphatic heterocycles. The lowest BCUT2D eigenvalue weighted by Gasteiger charge is -1.97. The molecule has 1 aromatic rings. The summed E-state index contributed by atoms with van der Waals surface area (Å²) in [5.41, 5.74) is 1.48. The fourth-order valence-corrected chi connectivity index (χ4v) is 1.54. The van der Waals surface area contributed by atoms with Crippen LogP contribution in [0.15, 0.2) is 28.7 Å². The molecule has 12 heavy (non-hydrogen) atoms. The van der Waals surface area contributed by atoms with Gasteiger partial charge in [-0.25, -0.2) is 0 Å². The molecule has 0 radical (unpaired) electrons. The van der Waals surface area contributed by atoms with E-state index in [1.165, 1.54) is 29.3 Å². The molecule has 2 heteroatoms. The van der Waals surface area contributed by atoms with Crippen LogP contribution in [0, 0.1) is 5.92 Å². The van der Waals surface area contributed by atoms with E-state index in [4.69, 9.17) is 0 Å². The van der Waals surface area contributed by atoms with Gasteiger partial charge in [0.1, 0.15) is 0 Å². The van der Waals surface area contributed by atoms with Gasteiger partial charge < -0.3 is 6.15 Å². The van der Waals surface area contributed by atoms with E-state index in [9.17, 15) is 0 Å². The van der Waals surface area contributed by atoms with Gasteiger partial charge in [-0.1, -0.05) is 28.1 Å². The Morgan fingerprint density at radius 2 is 1.75 bits per heavy atom. The number of hydrogen-bond acceptors (Lipinski definition) is 1. The molecule has 0 spiro atoms. The Morgan fingerprint density at radius 1 is 1.17 bits per heavy atom. The van der Waals surface area contributed by atoms with E-state index < -0.39 is 0 Å². The van der Waals surface area contributed by atoms with E-state index in [2.05, 4.69) is 40.2 Å². The molecular weight excluding hydrogens is 214 g/mol. The molecule has 0 amide bonds. The first-order valence-electron chi connectivity index (χ1n) is 4.09. The van der Waals surface area contributed by atoms with Crippen molar-refractivity contribution in [3.8, 4) is 0 Å². The Bertz CT molecular complexity index is 239.